The van der Waals surface area contributed by atoms with Gasteiger partial charge in [-0.15, -0.1) is 0 Å². The van der Waals surface area contributed by atoms with Crippen LogP contribution >= 0.6 is 0 Å². The van der Waals surface area contributed by atoms with Crippen LogP contribution < -0.4 is 5.32 Å². The van der Waals surface area contributed by atoms with Gasteiger partial charge in [0.05, 0.1) is 11.6 Å². The van der Waals surface area contributed by atoms with Crippen molar-refractivity contribution in [2.75, 3.05) is 13.1 Å². The summed E-state index contributed by atoms with van der Waals surface area (Å²) >= 11 is 0. The highest BCUT2D eigenvalue weighted by Gasteiger charge is 2.31. The van der Waals surface area contributed by atoms with Crippen LogP contribution in [0.1, 0.15) is 59.8 Å². The monoisotopic (exact) mass is 432 g/mol. The Morgan fingerprint density at radius 1 is 1.03 bits per heavy atom. The first-order valence-electron chi connectivity index (χ1n) is 10.5. The standard InChI is InChI=1S/C24H27F3N2O2/c1-3-17-4-6-18(7-5-17)16(2)28-22(30)19-12-14-29(15-13-19)23(31)20-8-10-21(11-9-20)24(25,26)27/h4-11,16,19H,3,12-15H2,1-2H3,(H,28,30). The molecule has 1 saturated heterocycles. The molecule has 4 nitrogen and oxygen atoms in total. The predicted molar refractivity (Wildman–Crippen MR) is 112 cm³/mol. The number of piperidine rings is 1. The van der Waals surface area contributed by atoms with Crippen molar-refractivity contribution >= 4 is 11.8 Å². The SMILES string of the molecule is CCc1ccc(C(C)NC(=O)C2CCN(C(=O)c3ccc(C(F)(F)F)cc3)CC2)cc1. The van der Waals surface area contributed by atoms with Crippen LogP contribution in [-0.2, 0) is 17.4 Å². The lowest BCUT2D eigenvalue weighted by molar-refractivity contribution is -0.137. The summed E-state index contributed by atoms with van der Waals surface area (Å²) in [6.45, 7) is 4.84. The molecule has 1 N–H and O–H groups in total. The van der Waals surface area contributed by atoms with Gasteiger partial charge in [-0.3, -0.25) is 9.59 Å². The van der Waals surface area contributed by atoms with E-state index in [0.29, 0.717) is 25.9 Å². The van der Waals surface area contributed by atoms with Crippen molar-refractivity contribution in [1.29, 1.82) is 0 Å². The van der Waals surface area contributed by atoms with E-state index in [-0.39, 0.29) is 29.3 Å². The molecule has 1 atom stereocenters. The van der Waals surface area contributed by atoms with E-state index in [0.717, 1.165) is 24.1 Å². The molecule has 1 unspecified atom stereocenters. The maximum atomic E-state index is 12.7. The Hall–Kier alpha value is -2.83. The highest BCUT2D eigenvalue weighted by molar-refractivity contribution is 5.94. The van der Waals surface area contributed by atoms with Crippen molar-refractivity contribution in [3.05, 3.63) is 70.8 Å². The molecule has 1 fully saturated rings. The number of hydrogen-bond donors (Lipinski definition) is 1. The van der Waals surface area contributed by atoms with Crippen molar-refractivity contribution in [2.45, 2.75) is 45.3 Å². The minimum absolute atomic E-state index is 0.0336. The first-order chi connectivity index (χ1) is 14.7. The third kappa shape index (κ3) is 5.66. The van der Waals surface area contributed by atoms with Crippen LogP contribution in [0.4, 0.5) is 13.2 Å². The maximum absolute atomic E-state index is 12.7. The van der Waals surface area contributed by atoms with E-state index >= 15 is 0 Å². The lowest BCUT2D eigenvalue weighted by Crippen LogP contribution is -2.43. The van der Waals surface area contributed by atoms with Crippen LogP contribution in [-0.4, -0.2) is 29.8 Å². The number of nitrogens with one attached hydrogen (secondary N) is 1. The summed E-state index contributed by atoms with van der Waals surface area (Å²) in [4.78, 5) is 26.9. The number of aryl methyl sites for hydroxylation is 1. The zero-order valence-corrected chi connectivity index (χ0v) is 17.7. The van der Waals surface area contributed by atoms with Crippen molar-refractivity contribution < 1.29 is 22.8 Å². The predicted octanol–water partition coefficient (Wildman–Crippen LogP) is 5.00. The molecule has 1 heterocycles. The van der Waals surface area contributed by atoms with Gasteiger partial charge in [-0.05, 0) is 61.6 Å². The molecule has 7 heteroatoms. The van der Waals surface area contributed by atoms with Gasteiger partial charge in [0, 0.05) is 24.6 Å². The minimum atomic E-state index is -4.43. The minimum Gasteiger partial charge on any atom is -0.349 e. The number of benzene rings is 2. The molecule has 31 heavy (non-hydrogen) atoms. The van der Waals surface area contributed by atoms with Gasteiger partial charge in [-0.25, -0.2) is 0 Å². The van der Waals surface area contributed by atoms with Crippen molar-refractivity contribution in [2.24, 2.45) is 5.92 Å². The number of nitrogens with zero attached hydrogens (tertiary/aromatic N) is 1. The largest absolute Gasteiger partial charge is 0.416 e. The summed E-state index contributed by atoms with van der Waals surface area (Å²) in [5.41, 5.74) is 1.73. The third-order valence-corrected chi connectivity index (χ3v) is 5.86. The van der Waals surface area contributed by atoms with Gasteiger partial charge in [-0.1, -0.05) is 31.2 Å². The Morgan fingerprint density at radius 3 is 2.13 bits per heavy atom. The lowest BCUT2D eigenvalue weighted by Gasteiger charge is -2.32. The Bertz CT molecular complexity index is 900. The highest BCUT2D eigenvalue weighted by Crippen LogP contribution is 2.29. The van der Waals surface area contributed by atoms with Gasteiger partial charge in [-0.2, -0.15) is 13.2 Å². The van der Waals surface area contributed by atoms with E-state index in [9.17, 15) is 22.8 Å². The van der Waals surface area contributed by atoms with Gasteiger partial charge < -0.3 is 10.2 Å². The molecule has 0 saturated carbocycles. The normalized spacial score (nSPS) is 16.1. The van der Waals surface area contributed by atoms with Gasteiger partial charge >= 0.3 is 6.18 Å². The molecule has 3 rings (SSSR count). The molecule has 1 aliphatic rings. The molecule has 0 aliphatic carbocycles. The van der Waals surface area contributed by atoms with Crippen LogP contribution in [0.5, 0.6) is 0 Å². The number of carbonyl (C=O) groups is 2. The summed E-state index contributed by atoms with van der Waals surface area (Å²) in [6, 6.07) is 12.3. The van der Waals surface area contributed by atoms with Crippen molar-refractivity contribution in [1.82, 2.24) is 10.2 Å². The van der Waals surface area contributed by atoms with Gasteiger partial charge in [0.1, 0.15) is 0 Å². The fourth-order valence-corrected chi connectivity index (χ4v) is 3.79. The van der Waals surface area contributed by atoms with E-state index in [1.807, 2.05) is 19.1 Å². The summed E-state index contributed by atoms with van der Waals surface area (Å²) in [5.74, 6) is -0.528. The van der Waals surface area contributed by atoms with Crippen LogP contribution in [0.2, 0.25) is 0 Å². The molecule has 0 aromatic heterocycles. The Morgan fingerprint density at radius 2 is 1.61 bits per heavy atom. The topological polar surface area (TPSA) is 49.4 Å². The smallest absolute Gasteiger partial charge is 0.349 e. The zero-order valence-electron chi connectivity index (χ0n) is 17.7. The zero-order chi connectivity index (χ0) is 22.6. The average Bonchev–Trinajstić information content (AvgIpc) is 2.78. The van der Waals surface area contributed by atoms with Crippen molar-refractivity contribution in [3.63, 3.8) is 0 Å². The molecule has 2 aromatic rings. The third-order valence-electron chi connectivity index (χ3n) is 5.86. The summed E-state index contributed by atoms with van der Waals surface area (Å²) < 4.78 is 38.1. The first-order valence-corrected chi connectivity index (χ1v) is 10.5. The van der Waals surface area contributed by atoms with E-state index in [1.165, 1.54) is 17.7 Å². The lowest BCUT2D eigenvalue weighted by atomic mass is 9.94. The number of likely N-dealkylation sites (tertiary alicyclic amines) is 1. The number of rotatable bonds is 5. The van der Waals surface area contributed by atoms with Crippen LogP contribution in [0, 0.1) is 5.92 Å². The first kappa shape index (κ1) is 22.8. The fourth-order valence-electron chi connectivity index (χ4n) is 3.79. The molecule has 2 aromatic carbocycles. The number of amides is 2. The molecule has 166 valence electrons. The summed E-state index contributed by atoms with van der Waals surface area (Å²) in [6.07, 6.45) is -2.41. The second-order valence-corrected chi connectivity index (χ2v) is 7.97. The van der Waals surface area contributed by atoms with Crippen molar-refractivity contribution in [3.8, 4) is 0 Å². The summed E-state index contributed by atoms with van der Waals surface area (Å²) in [5, 5.41) is 3.05. The number of carbonyl (C=O) groups excluding carboxylic acids is 2. The highest BCUT2D eigenvalue weighted by atomic mass is 19.4. The van der Waals surface area contributed by atoms with Crippen LogP contribution in [0.3, 0.4) is 0 Å². The maximum Gasteiger partial charge on any atom is 0.416 e. The van der Waals surface area contributed by atoms with Crippen LogP contribution in [0.25, 0.3) is 0 Å². The average molecular weight is 432 g/mol. The van der Waals surface area contributed by atoms with Crippen LogP contribution in [0.15, 0.2) is 48.5 Å². The molecule has 0 bridgehead atoms. The van der Waals surface area contributed by atoms with E-state index < -0.39 is 11.7 Å². The Kier molecular flexibility index (Phi) is 7.03. The molecule has 2 amide bonds. The van der Waals surface area contributed by atoms with E-state index in [4.69, 9.17) is 0 Å². The quantitative estimate of drug-likeness (QED) is 0.723. The van der Waals surface area contributed by atoms with E-state index in [1.54, 1.807) is 4.90 Å². The van der Waals surface area contributed by atoms with Gasteiger partial charge in [0.15, 0.2) is 0 Å². The molecular weight excluding hydrogens is 405 g/mol. The molecular formula is C24H27F3N2O2. The Labute approximate surface area is 180 Å². The molecule has 1 aliphatic heterocycles. The Balaban J connectivity index is 1.52. The summed E-state index contributed by atoms with van der Waals surface area (Å²) in [7, 11) is 0. The molecule has 0 spiro atoms. The van der Waals surface area contributed by atoms with Gasteiger partial charge in [0.25, 0.3) is 5.91 Å². The number of halogens is 3. The second-order valence-electron chi connectivity index (χ2n) is 7.97. The second kappa shape index (κ2) is 9.54. The number of hydrogen-bond acceptors (Lipinski definition) is 2. The van der Waals surface area contributed by atoms with E-state index in [2.05, 4.69) is 24.4 Å². The number of alkyl halides is 3. The molecule has 0 radical (unpaired) electrons. The van der Waals surface area contributed by atoms with Gasteiger partial charge in [0.2, 0.25) is 5.91 Å². The fraction of sp³-hybridized carbons (Fsp3) is 0.417.